The summed E-state index contributed by atoms with van der Waals surface area (Å²) >= 11 is 0. The van der Waals surface area contributed by atoms with E-state index in [9.17, 15) is 8.42 Å². The number of sulfonamides is 1. The van der Waals surface area contributed by atoms with E-state index < -0.39 is 10.0 Å². The molecule has 2 heterocycles. The molecule has 0 aromatic carbocycles. The Morgan fingerprint density at radius 2 is 1.67 bits per heavy atom. The normalized spacial score (nSPS) is 32.0. The Morgan fingerprint density at radius 3 is 2.29 bits per heavy atom. The van der Waals surface area contributed by atoms with Crippen LogP contribution in [0.5, 0.6) is 0 Å². The van der Waals surface area contributed by atoms with Gasteiger partial charge < -0.3 is 0 Å². The van der Waals surface area contributed by atoms with Crippen LogP contribution < -0.4 is 0 Å². The van der Waals surface area contributed by atoms with Crippen LogP contribution in [0.1, 0.15) is 46.0 Å². The first-order valence-electron chi connectivity index (χ1n) is 8.26. The Hall–Kier alpha value is -0.390. The molecule has 2 aliphatic heterocycles. The van der Waals surface area contributed by atoms with Crippen LogP contribution >= 0.6 is 0 Å². The van der Waals surface area contributed by atoms with E-state index in [0.29, 0.717) is 24.5 Å². The van der Waals surface area contributed by atoms with Crippen LogP contribution in [0.25, 0.3) is 0 Å². The second-order valence-electron chi connectivity index (χ2n) is 7.63. The molecule has 3 aliphatic rings. The maximum absolute atomic E-state index is 12.9. The Kier molecular flexibility index (Phi) is 4.19. The standard InChI is InChI=1S/C16H28N2O2S/c1-16(2)8-5-15(6-9-16)21(19,20)18-12-7-14(13-18)17-10-3-4-11-17/h3-4,14-15H,5-13H2,1-2H3/t14-/m1/s1. The van der Waals surface area contributed by atoms with Gasteiger partial charge >= 0.3 is 0 Å². The van der Waals surface area contributed by atoms with Crippen molar-refractivity contribution in [3.8, 4) is 0 Å². The van der Waals surface area contributed by atoms with Gasteiger partial charge in [-0.1, -0.05) is 26.0 Å². The third-order valence-electron chi connectivity index (χ3n) is 5.56. The average Bonchev–Trinajstić information content (AvgIpc) is 3.09. The molecule has 1 aliphatic carbocycles. The molecule has 0 radical (unpaired) electrons. The molecule has 0 unspecified atom stereocenters. The maximum Gasteiger partial charge on any atom is 0.217 e. The molecule has 0 spiro atoms. The summed E-state index contributed by atoms with van der Waals surface area (Å²) in [4.78, 5) is 2.39. The molecule has 0 aromatic rings. The van der Waals surface area contributed by atoms with Gasteiger partial charge in [0.1, 0.15) is 0 Å². The van der Waals surface area contributed by atoms with Gasteiger partial charge in [-0.3, -0.25) is 4.90 Å². The fourth-order valence-electron chi connectivity index (χ4n) is 3.91. The predicted molar refractivity (Wildman–Crippen MR) is 85.6 cm³/mol. The minimum absolute atomic E-state index is 0.138. The molecule has 3 rings (SSSR count). The first-order valence-corrected chi connectivity index (χ1v) is 9.77. The highest BCUT2D eigenvalue weighted by molar-refractivity contribution is 7.89. The molecule has 120 valence electrons. The van der Waals surface area contributed by atoms with Crippen molar-refractivity contribution in [3.63, 3.8) is 0 Å². The lowest BCUT2D eigenvalue weighted by Gasteiger charge is -2.35. The van der Waals surface area contributed by atoms with E-state index in [2.05, 4.69) is 30.9 Å². The fraction of sp³-hybridized carbons (Fsp3) is 0.875. The molecule has 5 heteroatoms. The smallest absolute Gasteiger partial charge is 0.217 e. The molecule has 1 saturated carbocycles. The second kappa shape index (κ2) is 5.67. The number of rotatable bonds is 3. The van der Waals surface area contributed by atoms with Gasteiger partial charge in [0.15, 0.2) is 0 Å². The number of hydrogen-bond acceptors (Lipinski definition) is 3. The lowest BCUT2D eigenvalue weighted by Crippen LogP contribution is -2.42. The molecule has 21 heavy (non-hydrogen) atoms. The van der Waals surface area contributed by atoms with Gasteiger partial charge in [-0.25, -0.2) is 12.7 Å². The van der Waals surface area contributed by atoms with Gasteiger partial charge in [0.05, 0.1) is 5.25 Å². The highest BCUT2D eigenvalue weighted by Crippen LogP contribution is 2.38. The summed E-state index contributed by atoms with van der Waals surface area (Å²) in [6, 6.07) is 0.412. The number of nitrogens with zero attached hydrogens (tertiary/aromatic N) is 2. The first-order chi connectivity index (χ1) is 9.88. The first kappa shape index (κ1) is 15.5. The van der Waals surface area contributed by atoms with Gasteiger partial charge in [0, 0.05) is 32.2 Å². The zero-order chi connectivity index (χ0) is 15.1. The Bertz CT molecular complexity index is 494. The van der Waals surface area contributed by atoms with Crippen LogP contribution in [-0.4, -0.2) is 55.1 Å². The SMILES string of the molecule is CC1(C)CCC(S(=O)(=O)N2CC[C@@H](N3CC=CC3)C2)CC1. The summed E-state index contributed by atoms with van der Waals surface area (Å²) in [6.45, 7) is 7.88. The highest BCUT2D eigenvalue weighted by atomic mass is 32.2. The van der Waals surface area contributed by atoms with E-state index in [4.69, 9.17) is 0 Å². The van der Waals surface area contributed by atoms with Gasteiger partial charge in [0.2, 0.25) is 10.0 Å². The molecule has 0 aromatic heterocycles. The summed E-state index contributed by atoms with van der Waals surface area (Å²) in [5, 5.41) is -0.138. The highest BCUT2D eigenvalue weighted by Gasteiger charge is 2.41. The lowest BCUT2D eigenvalue weighted by molar-refractivity contribution is 0.240. The third-order valence-corrected chi connectivity index (χ3v) is 7.92. The van der Waals surface area contributed by atoms with Gasteiger partial charge in [0.25, 0.3) is 0 Å². The van der Waals surface area contributed by atoms with E-state index in [1.807, 2.05) is 0 Å². The summed E-state index contributed by atoms with van der Waals surface area (Å²) in [5.41, 5.74) is 0.320. The van der Waals surface area contributed by atoms with Crippen LogP contribution in [0, 0.1) is 5.41 Å². The zero-order valence-electron chi connectivity index (χ0n) is 13.3. The average molecular weight is 312 g/mol. The molecular weight excluding hydrogens is 284 g/mol. The maximum atomic E-state index is 12.9. The van der Waals surface area contributed by atoms with Crippen molar-refractivity contribution < 1.29 is 8.42 Å². The van der Waals surface area contributed by atoms with Gasteiger partial charge in [-0.2, -0.15) is 0 Å². The Labute approximate surface area is 129 Å². The van der Waals surface area contributed by atoms with Crippen LogP contribution in [0.2, 0.25) is 0 Å². The van der Waals surface area contributed by atoms with E-state index in [1.165, 1.54) is 0 Å². The zero-order valence-corrected chi connectivity index (χ0v) is 14.1. The van der Waals surface area contributed by atoms with Crippen molar-refractivity contribution in [1.82, 2.24) is 9.21 Å². The van der Waals surface area contributed by atoms with E-state index in [1.54, 1.807) is 4.31 Å². The fourth-order valence-corrected chi connectivity index (χ4v) is 5.91. The predicted octanol–water partition coefficient (Wildman–Crippen LogP) is 2.23. The quantitative estimate of drug-likeness (QED) is 0.750. The third kappa shape index (κ3) is 3.20. The molecule has 1 saturated heterocycles. The van der Waals surface area contributed by atoms with Gasteiger partial charge in [-0.15, -0.1) is 0 Å². The Balaban J connectivity index is 1.61. The molecule has 1 atom stereocenters. The molecular formula is C16H28N2O2S. The molecule has 2 fully saturated rings. The van der Waals surface area contributed by atoms with Crippen molar-refractivity contribution >= 4 is 10.0 Å². The monoisotopic (exact) mass is 312 g/mol. The van der Waals surface area contributed by atoms with Crippen molar-refractivity contribution in [3.05, 3.63) is 12.2 Å². The minimum atomic E-state index is -3.09. The number of hydrogen-bond donors (Lipinski definition) is 0. The topological polar surface area (TPSA) is 40.6 Å². The van der Waals surface area contributed by atoms with Crippen molar-refractivity contribution in [2.45, 2.75) is 57.2 Å². The van der Waals surface area contributed by atoms with E-state index in [0.717, 1.165) is 45.2 Å². The lowest BCUT2D eigenvalue weighted by atomic mass is 9.77. The summed E-state index contributed by atoms with van der Waals surface area (Å²) < 4.78 is 27.5. The molecule has 4 nitrogen and oxygen atoms in total. The molecule has 0 bridgehead atoms. The van der Waals surface area contributed by atoms with Crippen molar-refractivity contribution in [1.29, 1.82) is 0 Å². The van der Waals surface area contributed by atoms with E-state index >= 15 is 0 Å². The van der Waals surface area contributed by atoms with Crippen LogP contribution in [0.3, 0.4) is 0 Å². The van der Waals surface area contributed by atoms with Crippen molar-refractivity contribution in [2.24, 2.45) is 5.41 Å². The Morgan fingerprint density at radius 1 is 1.05 bits per heavy atom. The molecule has 0 N–H and O–H groups in total. The van der Waals surface area contributed by atoms with Crippen LogP contribution in [-0.2, 0) is 10.0 Å². The second-order valence-corrected chi connectivity index (χ2v) is 9.85. The van der Waals surface area contributed by atoms with E-state index in [-0.39, 0.29) is 5.25 Å². The largest absolute Gasteiger partial charge is 0.292 e. The summed E-state index contributed by atoms with van der Waals surface area (Å²) in [6.07, 6.45) is 9.08. The van der Waals surface area contributed by atoms with Crippen LogP contribution in [0.4, 0.5) is 0 Å². The minimum Gasteiger partial charge on any atom is -0.292 e. The van der Waals surface area contributed by atoms with Crippen LogP contribution in [0.15, 0.2) is 12.2 Å². The van der Waals surface area contributed by atoms with Gasteiger partial charge in [-0.05, 0) is 37.5 Å². The summed E-state index contributed by atoms with van der Waals surface area (Å²) in [7, 11) is -3.09. The van der Waals surface area contributed by atoms with Crippen molar-refractivity contribution in [2.75, 3.05) is 26.2 Å². The summed E-state index contributed by atoms with van der Waals surface area (Å²) in [5.74, 6) is 0. The molecule has 0 amide bonds.